The van der Waals surface area contributed by atoms with Crippen LogP contribution in [-0.2, 0) is 59.4 Å². The topological polar surface area (TPSA) is 310 Å². The number of fused-ring (bicyclic) bond motifs is 6. The van der Waals surface area contributed by atoms with Gasteiger partial charge in [0.1, 0.15) is 103 Å². The maximum atomic E-state index is 13.9. The van der Waals surface area contributed by atoms with Crippen LogP contribution in [0.4, 0.5) is 43.7 Å². The van der Waals surface area contributed by atoms with Gasteiger partial charge in [-0.15, -0.1) is 0 Å². The van der Waals surface area contributed by atoms with Crippen LogP contribution in [0.3, 0.4) is 0 Å². The van der Waals surface area contributed by atoms with E-state index in [4.69, 9.17) is 9.26 Å². The molecule has 143 heavy (non-hydrogen) atoms. The highest BCUT2D eigenvalue weighted by atomic mass is 19.1. The van der Waals surface area contributed by atoms with Gasteiger partial charge in [0.15, 0.2) is 34.9 Å². The summed E-state index contributed by atoms with van der Waals surface area (Å²) in [6, 6.07) is 68.6. The molecule has 14 heterocycles. The second-order valence-corrected chi connectivity index (χ2v) is 35.4. The minimum Gasteiger partial charge on any atom is -0.492 e. The summed E-state index contributed by atoms with van der Waals surface area (Å²) in [6.45, 7) is 33.9. The van der Waals surface area contributed by atoms with Gasteiger partial charge < -0.3 is 68.6 Å². The average Bonchev–Trinajstić information content (AvgIpc) is 1.63. The smallest absolute Gasteiger partial charge is 0.154 e. The normalized spacial score (nSPS) is 11.1. The van der Waals surface area contributed by atoms with Crippen molar-refractivity contribution in [1.82, 2.24) is 102 Å². The maximum Gasteiger partial charge on any atom is 0.154 e. The first kappa shape index (κ1) is 101. The Bertz CT molecular complexity index is 7290. The van der Waals surface area contributed by atoms with E-state index in [0.717, 1.165) is 262 Å². The molecule has 0 spiro atoms. The third kappa shape index (κ3) is 27.8. The number of nitrogens with one attached hydrogen (secondary N) is 6. The number of unbranched alkanes of at least 4 members (excludes halogenated alkanes) is 4. The third-order valence-electron chi connectivity index (χ3n) is 23.7. The van der Waals surface area contributed by atoms with E-state index < -0.39 is 0 Å². The molecule has 0 fully saturated rings. The predicted octanol–water partition coefficient (Wildman–Crippen LogP) is 23.4. The average molecular weight is 1920 g/mol. The number of aromatic nitrogens is 21. The van der Waals surface area contributed by atoms with Gasteiger partial charge in [0.2, 0.25) is 0 Å². The van der Waals surface area contributed by atoms with E-state index in [9.17, 15) is 8.78 Å². The van der Waals surface area contributed by atoms with Crippen LogP contribution in [0.25, 0.3) is 66.2 Å². The van der Waals surface area contributed by atoms with Gasteiger partial charge in [0.05, 0.1) is 65.0 Å². The molecule has 29 nitrogen and oxygen atoms in total. The Morgan fingerprint density at radius 1 is 0.329 bits per heavy atom. The van der Waals surface area contributed by atoms with Crippen molar-refractivity contribution in [3.05, 3.63) is 353 Å². The van der Waals surface area contributed by atoms with Gasteiger partial charge in [0, 0.05) is 114 Å². The molecule has 0 saturated heterocycles. The highest BCUT2D eigenvalue weighted by Crippen LogP contribution is 2.32. The fourth-order valence-electron chi connectivity index (χ4n) is 16.8. The van der Waals surface area contributed by atoms with Gasteiger partial charge in [-0.2, -0.15) is 5.10 Å². The Balaban J connectivity index is 0.000000129. The third-order valence-corrected chi connectivity index (χ3v) is 23.7. The second kappa shape index (κ2) is 50.2. The number of hydrogen-bond donors (Lipinski definition) is 6. The molecule has 738 valence electrons. The van der Waals surface area contributed by atoms with E-state index in [1.807, 2.05) is 188 Å². The molecule has 0 atom stereocenters. The van der Waals surface area contributed by atoms with E-state index in [-0.39, 0.29) is 11.6 Å². The molecule has 0 amide bonds. The summed E-state index contributed by atoms with van der Waals surface area (Å²) in [5, 5.41) is 29.0. The van der Waals surface area contributed by atoms with Gasteiger partial charge in [-0.05, 0) is 176 Å². The van der Waals surface area contributed by atoms with Crippen molar-refractivity contribution in [2.45, 2.75) is 187 Å². The first-order chi connectivity index (χ1) is 69.7. The van der Waals surface area contributed by atoms with Crippen LogP contribution >= 0.6 is 0 Å². The van der Waals surface area contributed by atoms with Gasteiger partial charge >= 0.3 is 0 Å². The van der Waals surface area contributed by atoms with Crippen molar-refractivity contribution in [2.75, 3.05) is 64.7 Å². The molecular weight excluding hydrogens is 1790 g/mol. The molecule has 20 aromatic rings. The van der Waals surface area contributed by atoms with E-state index >= 15 is 0 Å². The largest absolute Gasteiger partial charge is 0.492 e. The van der Waals surface area contributed by atoms with Crippen LogP contribution in [-0.4, -0.2) is 135 Å². The van der Waals surface area contributed by atoms with E-state index in [2.05, 4.69) is 245 Å². The first-order valence-corrected chi connectivity index (χ1v) is 49.3. The molecule has 31 heteroatoms. The molecule has 0 saturated carbocycles. The second-order valence-electron chi connectivity index (χ2n) is 35.4. The highest BCUT2D eigenvalue weighted by molar-refractivity contribution is 5.92. The van der Waals surface area contributed by atoms with Crippen molar-refractivity contribution in [1.29, 1.82) is 0 Å². The van der Waals surface area contributed by atoms with Crippen LogP contribution in [0.2, 0.25) is 0 Å². The lowest BCUT2D eigenvalue weighted by Crippen LogP contribution is -2.11. The molecular formula is C112H129F2N27O2. The van der Waals surface area contributed by atoms with Gasteiger partial charge in [-0.1, -0.05) is 198 Å². The summed E-state index contributed by atoms with van der Waals surface area (Å²) in [6.07, 6.45) is 23.3. The Kier molecular flexibility index (Phi) is 35.5. The molecule has 0 radical (unpaired) electrons. The fourth-order valence-corrected chi connectivity index (χ4v) is 16.8. The monoisotopic (exact) mass is 1920 g/mol. The molecule has 0 bridgehead atoms. The lowest BCUT2D eigenvalue weighted by molar-refractivity contribution is 0.300. The summed E-state index contributed by atoms with van der Waals surface area (Å²) < 4.78 is 52.6. The summed E-state index contributed by atoms with van der Waals surface area (Å²) >= 11 is 0. The van der Waals surface area contributed by atoms with Gasteiger partial charge in [-0.3, -0.25) is 4.68 Å². The summed E-state index contributed by atoms with van der Waals surface area (Å²) in [5.41, 5.74) is 20.3. The number of aryl methyl sites for hydroxylation is 9. The Morgan fingerprint density at radius 2 is 0.678 bits per heavy atom. The molecule has 0 aliphatic carbocycles. The summed E-state index contributed by atoms with van der Waals surface area (Å²) in [5.74, 6) is 11.1. The molecule has 6 N–H and O–H groups in total. The highest BCUT2D eigenvalue weighted by Gasteiger charge is 2.21. The van der Waals surface area contributed by atoms with Crippen molar-refractivity contribution in [3.8, 4) is 5.75 Å². The molecule has 6 aromatic carbocycles. The predicted molar refractivity (Wildman–Crippen MR) is 571 cm³/mol. The summed E-state index contributed by atoms with van der Waals surface area (Å²) in [7, 11) is 1.92. The van der Waals surface area contributed by atoms with Crippen molar-refractivity contribution < 1.29 is 18.0 Å². The number of anilines is 6. The lowest BCUT2D eigenvalue weighted by Gasteiger charge is -2.12. The lowest BCUT2D eigenvalue weighted by atomic mass is 10.2. The van der Waals surface area contributed by atoms with Crippen LogP contribution in [0, 0.1) is 67.0 Å². The minimum absolute atomic E-state index is 0.192. The van der Waals surface area contributed by atoms with Gasteiger partial charge in [0.25, 0.3) is 0 Å². The molecule has 20 rings (SSSR count). The minimum atomic E-state index is -0.216. The van der Waals surface area contributed by atoms with Crippen molar-refractivity contribution in [3.63, 3.8) is 0 Å². The quantitative estimate of drug-likeness (QED) is 0.0199. The molecule has 0 unspecified atom stereocenters. The Morgan fingerprint density at radius 3 is 1.07 bits per heavy atom. The maximum absolute atomic E-state index is 13.9. The number of hydrogen-bond acceptors (Lipinski definition) is 22. The Hall–Kier alpha value is -16.1. The number of ether oxygens (including phenoxy) is 1. The van der Waals surface area contributed by atoms with E-state index in [1.165, 1.54) is 46.9 Å². The fraction of sp³-hybridized carbons (Fsp3) is 0.304. The number of para-hydroxylation sites is 1. The zero-order valence-corrected chi connectivity index (χ0v) is 84.1. The van der Waals surface area contributed by atoms with Crippen LogP contribution in [0.15, 0.2) is 260 Å². The summed E-state index contributed by atoms with van der Waals surface area (Å²) in [4.78, 5) is 54.8. The zero-order chi connectivity index (χ0) is 99.9. The molecule has 14 aromatic heterocycles. The number of rotatable bonds is 36. The van der Waals surface area contributed by atoms with Crippen molar-refractivity contribution in [2.24, 2.45) is 7.05 Å². The van der Waals surface area contributed by atoms with E-state index in [0.29, 0.717) is 38.3 Å². The standard InChI is InChI=1S/C19H20N6.C19H19N5O.C19H24N4O.C19H24N4.2C18H21FN4/c1-14-21-17-9-11-25(13-15-6-4-3-5-7-15)18(17)19(22-14)20-12-16-8-10-24(2)23-16;1-13-10-16(23-25-13)11-20-19-18-17(21-14(2)22-19)8-9-24(18)12-15-6-4-3-5-7-15;1-3-4-11-20-19-18-17(21-15(2)22-19)10-12-23(18)13-14-24-16-8-6-5-7-9-16;1-4-5-11-20-19-18-17(21-15(3)22-19)14(2)12-23(18)13-16-9-7-6-8-10-16;1-3-4-10-20-18-17-16(21-13(2)22-18)9-11-23(17)12-14-5-7-15(19)8-6-14;1-3-4-10-20-18-17-16(21-13(2)22-18)9-11-23(17)12-14-7-5-6-8-15(14)19/h3-11H,12-13H2,1-2H3,(H,20,21,22);3-10H,11-12H2,1-2H3,(H,20,21,22);5-10,12H,3-4,11,13-14H2,1-2H3,(H,20,21,22);6-10,12H,4-5,11,13H2,1-3H3,(H,20,21,22);2*5-9,11H,3-4,10,12H2,1-2H3,(H,20,21,22). The zero-order valence-electron chi connectivity index (χ0n) is 84.1. The first-order valence-electron chi connectivity index (χ1n) is 49.3. The van der Waals surface area contributed by atoms with Crippen molar-refractivity contribution >= 4 is 101 Å². The van der Waals surface area contributed by atoms with E-state index in [1.54, 1.807) is 28.9 Å². The van der Waals surface area contributed by atoms with Crippen LogP contribution in [0.5, 0.6) is 5.75 Å². The molecule has 0 aliphatic heterocycles. The van der Waals surface area contributed by atoms with Gasteiger partial charge in [-0.25, -0.2) is 68.6 Å². The van der Waals surface area contributed by atoms with Crippen LogP contribution in [0.1, 0.15) is 165 Å². The SMILES string of the molecule is CCCCNc1nc(C)nc2c(C)cn(Cc3ccccc3)c12.CCCCNc1nc(C)nc2ccn(CCOc3ccccc3)c12.CCCCNc1nc(C)nc2ccn(Cc3ccc(F)cc3)c12.CCCCNc1nc(C)nc2ccn(Cc3ccccc3F)c12.Cc1nc(NCc2cc(C)on2)c2c(ccn2Cc2ccccc2)n1.Cc1nc(NCc2ccn(C)n2)c2c(ccn2Cc2ccccc2)n1. The number of halogens is 2. The molecule has 0 aliphatic rings. The van der Waals surface area contributed by atoms with Crippen LogP contribution < -0.4 is 36.6 Å². The Labute approximate surface area is 833 Å². The number of benzene rings is 6. The number of nitrogens with zero attached hydrogens (tertiary/aromatic N) is 21.